The van der Waals surface area contributed by atoms with E-state index in [-0.39, 0.29) is 11.4 Å². The second-order valence-corrected chi connectivity index (χ2v) is 7.46. The summed E-state index contributed by atoms with van der Waals surface area (Å²) >= 11 is 0. The van der Waals surface area contributed by atoms with Gasteiger partial charge >= 0.3 is 0 Å². The van der Waals surface area contributed by atoms with E-state index in [4.69, 9.17) is 0 Å². The number of aromatic nitrogens is 3. The molecule has 0 unspecified atom stereocenters. The fraction of sp³-hybridized carbons (Fsp3) is 0.350. The van der Waals surface area contributed by atoms with E-state index in [0.717, 1.165) is 17.6 Å². The minimum Gasteiger partial charge on any atom is -0.361 e. The third kappa shape index (κ3) is 4.39. The topological polar surface area (TPSA) is 82.7 Å². The van der Waals surface area contributed by atoms with Crippen molar-refractivity contribution >= 4 is 22.8 Å². The van der Waals surface area contributed by atoms with Crippen LogP contribution in [0.4, 0.5) is 5.95 Å². The van der Waals surface area contributed by atoms with Gasteiger partial charge < -0.3 is 15.6 Å². The molecule has 0 aliphatic carbocycles. The zero-order valence-electron chi connectivity index (χ0n) is 15.7. The number of para-hydroxylation sites is 1. The van der Waals surface area contributed by atoms with Crippen molar-refractivity contribution in [3.05, 3.63) is 53.5 Å². The van der Waals surface area contributed by atoms with E-state index in [9.17, 15) is 4.79 Å². The number of amides is 1. The van der Waals surface area contributed by atoms with Gasteiger partial charge in [-0.2, -0.15) is 0 Å². The number of benzene rings is 1. The van der Waals surface area contributed by atoms with Crippen molar-refractivity contribution in [1.82, 2.24) is 20.3 Å². The van der Waals surface area contributed by atoms with E-state index < -0.39 is 0 Å². The number of nitrogens with one attached hydrogen (secondary N) is 3. The van der Waals surface area contributed by atoms with Gasteiger partial charge in [-0.3, -0.25) is 4.79 Å². The molecule has 0 radical (unpaired) electrons. The van der Waals surface area contributed by atoms with Crippen LogP contribution in [0.5, 0.6) is 0 Å². The van der Waals surface area contributed by atoms with Gasteiger partial charge in [0.2, 0.25) is 5.95 Å². The van der Waals surface area contributed by atoms with Crippen LogP contribution in [0.25, 0.3) is 10.9 Å². The van der Waals surface area contributed by atoms with Gasteiger partial charge in [0.25, 0.3) is 5.91 Å². The molecule has 1 amide bonds. The maximum Gasteiger partial charge on any atom is 0.270 e. The first-order valence-electron chi connectivity index (χ1n) is 8.79. The molecule has 6 heteroatoms. The lowest BCUT2D eigenvalue weighted by Gasteiger charge is -2.20. The van der Waals surface area contributed by atoms with Crippen LogP contribution in [-0.4, -0.2) is 32.9 Å². The average Bonchev–Trinajstić information content (AvgIpc) is 2.96. The smallest absolute Gasteiger partial charge is 0.270 e. The molecule has 0 atom stereocenters. The van der Waals surface area contributed by atoms with Crippen LogP contribution in [0, 0.1) is 6.92 Å². The van der Waals surface area contributed by atoms with Gasteiger partial charge in [-0.25, -0.2) is 9.97 Å². The number of anilines is 1. The molecule has 0 bridgehead atoms. The first-order chi connectivity index (χ1) is 12.3. The summed E-state index contributed by atoms with van der Waals surface area (Å²) in [6.07, 6.45) is 2.87. The summed E-state index contributed by atoms with van der Waals surface area (Å²) in [5.74, 6) is 0.284. The van der Waals surface area contributed by atoms with E-state index in [2.05, 4.69) is 37.7 Å². The number of hydrogen-bond acceptors (Lipinski definition) is 4. The minimum atomic E-state index is -0.307. The Morgan fingerprint density at radius 2 is 1.96 bits per heavy atom. The molecule has 3 rings (SSSR count). The summed E-state index contributed by atoms with van der Waals surface area (Å²) in [4.78, 5) is 24.4. The molecule has 0 aliphatic rings. The largest absolute Gasteiger partial charge is 0.361 e. The molecule has 3 aromatic rings. The molecule has 0 saturated heterocycles. The molecule has 26 heavy (non-hydrogen) atoms. The SMILES string of the molecule is Cc1cc(C(=O)NC(C)(C)C)nc(NCCc2c[nH]c3ccccc23)n1. The third-order valence-electron chi connectivity index (χ3n) is 3.93. The van der Waals surface area contributed by atoms with Crippen molar-refractivity contribution in [3.63, 3.8) is 0 Å². The van der Waals surface area contributed by atoms with Gasteiger partial charge in [-0.1, -0.05) is 18.2 Å². The Bertz CT molecular complexity index is 923. The second kappa shape index (κ2) is 7.15. The third-order valence-corrected chi connectivity index (χ3v) is 3.93. The van der Waals surface area contributed by atoms with Crippen LogP contribution >= 0.6 is 0 Å². The normalized spacial score (nSPS) is 11.5. The first-order valence-corrected chi connectivity index (χ1v) is 8.79. The molecule has 0 saturated carbocycles. The Balaban J connectivity index is 1.67. The van der Waals surface area contributed by atoms with Crippen molar-refractivity contribution in [3.8, 4) is 0 Å². The quantitative estimate of drug-likeness (QED) is 0.657. The van der Waals surface area contributed by atoms with Crippen LogP contribution in [0.2, 0.25) is 0 Å². The number of nitrogens with zero attached hydrogens (tertiary/aromatic N) is 2. The number of fused-ring (bicyclic) bond motifs is 1. The van der Waals surface area contributed by atoms with Gasteiger partial charge in [-0.15, -0.1) is 0 Å². The van der Waals surface area contributed by atoms with Gasteiger partial charge in [0.15, 0.2) is 0 Å². The van der Waals surface area contributed by atoms with Crippen molar-refractivity contribution in [2.45, 2.75) is 39.7 Å². The van der Waals surface area contributed by atoms with Crippen LogP contribution in [0.15, 0.2) is 36.5 Å². The maximum absolute atomic E-state index is 12.3. The highest BCUT2D eigenvalue weighted by Crippen LogP contribution is 2.18. The molecule has 0 spiro atoms. The van der Waals surface area contributed by atoms with E-state index in [1.165, 1.54) is 10.9 Å². The molecular weight excluding hydrogens is 326 g/mol. The van der Waals surface area contributed by atoms with Crippen molar-refractivity contribution in [1.29, 1.82) is 0 Å². The van der Waals surface area contributed by atoms with Crippen LogP contribution < -0.4 is 10.6 Å². The van der Waals surface area contributed by atoms with Crippen molar-refractivity contribution < 1.29 is 4.79 Å². The van der Waals surface area contributed by atoms with Crippen molar-refractivity contribution in [2.75, 3.05) is 11.9 Å². The van der Waals surface area contributed by atoms with Crippen molar-refractivity contribution in [2.24, 2.45) is 0 Å². The zero-order valence-corrected chi connectivity index (χ0v) is 15.7. The molecule has 6 nitrogen and oxygen atoms in total. The Kier molecular flexibility index (Phi) is 4.93. The summed E-state index contributed by atoms with van der Waals surface area (Å²) in [6, 6.07) is 9.93. The van der Waals surface area contributed by atoms with E-state index in [1.807, 2.05) is 46.0 Å². The second-order valence-electron chi connectivity index (χ2n) is 7.46. The maximum atomic E-state index is 12.3. The number of aromatic amines is 1. The van der Waals surface area contributed by atoms with E-state index in [0.29, 0.717) is 18.2 Å². The minimum absolute atomic E-state index is 0.192. The standard InChI is InChI=1S/C20H25N5O/c1-13-11-17(18(26)25-20(2,3)4)24-19(23-13)21-10-9-14-12-22-16-8-6-5-7-15(14)16/h5-8,11-12,22H,9-10H2,1-4H3,(H,25,26)(H,21,23,24). The van der Waals surface area contributed by atoms with Gasteiger partial charge in [0.1, 0.15) is 5.69 Å². The highest BCUT2D eigenvalue weighted by atomic mass is 16.2. The lowest BCUT2D eigenvalue weighted by molar-refractivity contribution is 0.0914. The molecule has 2 heterocycles. The predicted octanol–water partition coefficient (Wildman–Crippen LogP) is 3.45. The van der Waals surface area contributed by atoms with Gasteiger partial charge in [0, 0.05) is 34.9 Å². The van der Waals surface area contributed by atoms with Gasteiger partial charge in [0.05, 0.1) is 0 Å². The average molecular weight is 351 g/mol. The molecule has 1 aromatic carbocycles. The summed E-state index contributed by atoms with van der Waals surface area (Å²) in [7, 11) is 0. The Morgan fingerprint density at radius 3 is 2.73 bits per heavy atom. The summed E-state index contributed by atoms with van der Waals surface area (Å²) in [5.41, 5.74) is 3.20. The van der Waals surface area contributed by atoms with Gasteiger partial charge in [-0.05, 0) is 51.8 Å². The number of carbonyl (C=O) groups is 1. The zero-order chi connectivity index (χ0) is 18.7. The molecule has 3 N–H and O–H groups in total. The molecule has 136 valence electrons. The predicted molar refractivity (Wildman–Crippen MR) is 104 cm³/mol. The van der Waals surface area contributed by atoms with Crippen LogP contribution in [0.3, 0.4) is 0 Å². The highest BCUT2D eigenvalue weighted by Gasteiger charge is 2.17. The highest BCUT2D eigenvalue weighted by molar-refractivity contribution is 5.93. The van der Waals surface area contributed by atoms with E-state index >= 15 is 0 Å². The van der Waals surface area contributed by atoms with E-state index in [1.54, 1.807) is 6.07 Å². The number of H-pyrrole nitrogens is 1. The number of hydrogen-bond donors (Lipinski definition) is 3. The fourth-order valence-corrected chi connectivity index (χ4v) is 2.82. The number of aryl methyl sites for hydroxylation is 1. The monoisotopic (exact) mass is 351 g/mol. The Hall–Kier alpha value is -2.89. The molecule has 0 fully saturated rings. The molecule has 2 aromatic heterocycles. The van der Waals surface area contributed by atoms with Crippen LogP contribution in [0.1, 0.15) is 42.5 Å². The lowest BCUT2D eigenvalue weighted by atomic mass is 10.1. The first kappa shape index (κ1) is 17.9. The summed E-state index contributed by atoms with van der Waals surface area (Å²) in [6.45, 7) is 8.38. The lowest BCUT2D eigenvalue weighted by Crippen LogP contribution is -2.41. The summed E-state index contributed by atoms with van der Waals surface area (Å²) < 4.78 is 0. The number of carbonyl (C=O) groups excluding carboxylic acids is 1. The fourth-order valence-electron chi connectivity index (χ4n) is 2.82. The summed E-state index contributed by atoms with van der Waals surface area (Å²) in [5, 5.41) is 7.38. The molecule has 0 aliphatic heterocycles. The number of rotatable bonds is 5. The molecular formula is C20H25N5O. The Labute approximate surface area is 153 Å². The Morgan fingerprint density at radius 1 is 1.19 bits per heavy atom. The van der Waals surface area contributed by atoms with Crippen LogP contribution in [-0.2, 0) is 6.42 Å².